The molecule has 0 N–H and O–H groups in total. The van der Waals surface area contributed by atoms with E-state index in [1.165, 1.54) is 5.56 Å². The molecule has 2 aromatic carbocycles. The summed E-state index contributed by atoms with van der Waals surface area (Å²) in [5.41, 5.74) is 4.77. The predicted octanol–water partition coefficient (Wildman–Crippen LogP) is 5.42. The van der Waals surface area contributed by atoms with Gasteiger partial charge in [-0.2, -0.15) is 5.10 Å². The summed E-state index contributed by atoms with van der Waals surface area (Å²) in [7, 11) is 1.67. The zero-order valence-electron chi connectivity index (χ0n) is 18.1. The minimum absolute atomic E-state index is 0.205. The van der Waals surface area contributed by atoms with Gasteiger partial charge in [0.2, 0.25) is 0 Å². The third-order valence-electron chi connectivity index (χ3n) is 5.94. The van der Waals surface area contributed by atoms with Gasteiger partial charge in [-0.05, 0) is 55.2 Å². The number of hydrogen-bond donors (Lipinski definition) is 0. The van der Waals surface area contributed by atoms with E-state index in [0.29, 0.717) is 5.82 Å². The number of methoxy groups -OCH3 is 1. The fourth-order valence-corrected chi connectivity index (χ4v) is 4.38. The van der Waals surface area contributed by atoms with E-state index in [1.54, 1.807) is 13.4 Å². The second-order valence-electron chi connectivity index (χ2n) is 8.05. The first-order valence-corrected chi connectivity index (χ1v) is 11.0. The number of rotatable bonds is 5. The third-order valence-corrected chi connectivity index (χ3v) is 6.19. The van der Waals surface area contributed by atoms with Gasteiger partial charge in [0.15, 0.2) is 5.82 Å². The molecule has 6 nitrogen and oxygen atoms in total. The number of aryl methyl sites for hydroxylation is 2. The molecular formula is C25H24ClN5O. The van der Waals surface area contributed by atoms with Crippen LogP contribution in [0, 0.1) is 6.92 Å². The van der Waals surface area contributed by atoms with Gasteiger partial charge in [0, 0.05) is 29.3 Å². The van der Waals surface area contributed by atoms with E-state index in [0.717, 1.165) is 58.5 Å². The Morgan fingerprint density at radius 3 is 2.72 bits per heavy atom. The Labute approximate surface area is 192 Å². The molecule has 0 aliphatic carbocycles. The van der Waals surface area contributed by atoms with Crippen LogP contribution in [0.2, 0.25) is 5.02 Å². The summed E-state index contributed by atoms with van der Waals surface area (Å²) >= 11 is 6.08. The van der Waals surface area contributed by atoms with Gasteiger partial charge in [0.05, 0.1) is 24.8 Å². The molecule has 0 radical (unpaired) electrons. The fraction of sp³-hybridized carbons (Fsp3) is 0.240. The molecule has 2 aromatic heterocycles. The number of fused-ring (bicyclic) bond motifs is 1. The van der Waals surface area contributed by atoms with Crippen molar-refractivity contribution in [1.29, 1.82) is 0 Å². The molecule has 0 saturated heterocycles. The van der Waals surface area contributed by atoms with E-state index >= 15 is 0 Å². The molecule has 1 atom stereocenters. The third kappa shape index (κ3) is 3.71. The Hall–Kier alpha value is -3.38. The molecule has 3 heterocycles. The van der Waals surface area contributed by atoms with Crippen LogP contribution in [0.5, 0.6) is 5.75 Å². The van der Waals surface area contributed by atoms with Crippen LogP contribution in [0.3, 0.4) is 0 Å². The number of benzene rings is 2. The lowest BCUT2D eigenvalue weighted by atomic mass is 9.91. The maximum Gasteiger partial charge on any atom is 0.181 e. The quantitative estimate of drug-likeness (QED) is 0.411. The molecule has 1 aliphatic rings. The first kappa shape index (κ1) is 20.5. The molecule has 5 rings (SSSR count). The Balaban J connectivity index is 1.47. The molecule has 7 heteroatoms. The van der Waals surface area contributed by atoms with Gasteiger partial charge in [-0.15, -0.1) is 0 Å². The lowest BCUT2D eigenvalue weighted by Gasteiger charge is -2.22. The largest absolute Gasteiger partial charge is 0.495 e. The van der Waals surface area contributed by atoms with Gasteiger partial charge in [-0.3, -0.25) is 0 Å². The van der Waals surface area contributed by atoms with Crippen LogP contribution >= 0.6 is 11.6 Å². The molecule has 1 unspecified atom stereocenters. The van der Waals surface area contributed by atoms with Crippen molar-refractivity contribution in [2.24, 2.45) is 0 Å². The summed E-state index contributed by atoms with van der Waals surface area (Å²) in [4.78, 5) is 9.22. The monoisotopic (exact) mass is 445 g/mol. The number of hydrogen-bond acceptors (Lipinski definition) is 4. The second-order valence-corrected chi connectivity index (χ2v) is 8.49. The van der Waals surface area contributed by atoms with E-state index in [4.69, 9.17) is 26.4 Å². The summed E-state index contributed by atoms with van der Waals surface area (Å²) < 4.78 is 9.62. The van der Waals surface area contributed by atoms with Crippen molar-refractivity contribution in [3.8, 4) is 11.4 Å². The highest BCUT2D eigenvalue weighted by atomic mass is 35.5. The van der Waals surface area contributed by atoms with Crippen LogP contribution in [0.15, 0.2) is 61.6 Å². The lowest BCUT2D eigenvalue weighted by molar-refractivity contribution is 0.412. The summed E-state index contributed by atoms with van der Waals surface area (Å²) in [5.74, 6) is 2.57. The van der Waals surface area contributed by atoms with E-state index in [2.05, 4.69) is 23.7 Å². The predicted molar refractivity (Wildman–Crippen MR) is 126 cm³/mol. The molecule has 162 valence electrons. The van der Waals surface area contributed by atoms with Gasteiger partial charge in [0.1, 0.15) is 11.6 Å². The van der Waals surface area contributed by atoms with Crippen LogP contribution in [-0.4, -0.2) is 31.4 Å². The summed E-state index contributed by atoms with van der Waals surface area (Å²) in [6, 6.07) is 14.0. The number of imidazole rings is 1. The molecule has 0 spiro atoms. The van der Waals surface area contributed by atoms with Crippen molar-refractivity contribution < 1.29 is 4.74 Å². The first-order chi connectivity index (χ1) is 15.5. The maximum absolute atomic E-state index is 6.08. The standard InChI is InChI=1S/C25H24ClN5O/c1-16-14-30(15-27-16)22-11-8-19(13-23(22)32-3)17(2)24-28-25-21(5-4-12-31(25)29-24)18-6-9-20(26)10-7-18/h6-11,13-15,21H,2,4-5,12H2,1,3H3. The summed E-state index contributed by atoms with van der Waals surface area (Å²) in [6.07, 6.45) is 5.85. The minimum Gasteiger partial charge on any atom is -0.495 e. The molecule has 0 bridgehead atoms. The smallest absolute Gasteiger partial charge is 0.181 e. The Morgan fingerprint density at radius 1 is 1.19 bits per heavy atom. The number of ether oxygens (including phenoxy) is 1. The Bertz CT molecular complexity index is 1290. The van der Waals surface area contributed by atoms with Crippen molar-refractivity contribution in [2.75, 3.05) is 7.11 Å². The van der Waals surface area contributed by atoms with E-state index in [1.807, 2.05) is 52.7 Å². The van der Waals surface area contributed by atoms with Crippen molar-refractivity contribution in [1.82, 2.24) is 24.3 Å². The highest BCUT2D eigenvalue weighted by Gasteiger charge is 2.26. The summed E-state index contributed by atoms with van der Waals surface area (Å²) in [5, 5.41) is 5.52. The highest BCUT2D eigenvalue weighted by Crippen LogP contribution is 2.35. The van der Waals surface area contributed by atoms with Crippen molar-refractivity contribution in [3.63, 3.8) is 0 Å². The first-order valence-electron chi connectivity index (χ1n) is 10.6. The number of nitrogens with zero attached hydrogens (tertiary/aromatic N) is 5. The number of aromatic nitrogens is 5. The molecule has 32 heavy (non-hydrogen) atoms. The van der Waals surface area contributed by atoms with Crippen molar-refractivity contribution in [2.45, 2.75) is 32.2 Å². The number of halogens is 1. The van der Waals surface area contributed by atoms with Crippen LogP contribution in [0.1, 0.15) is 47.2 Å². The van der Waals surface area contributed by atoms with Gasteiger partial charge in [-0.1, -0.05) is 36.4 Å². The minimum atomic E-state index is 0.205. The van der Waals surface area contributed by atoms with Gasteiger partial charge in [0.25, 0.3) is 0 Å². The van der Waals surface area contributed by atoms with Crippen LogP contribution in [0.4, 0.5) is 0 Å². The van der Waals surface area contributed by atoms with Gasteiger partial charge in [-0.25, -0.2) is 14.6 Å². The van der Waals surface area contributed by atoms with Gasteiger partial charge >= 0.3 is 0 Å². The highest BCUT2D eigenvalue weighted by molar-refractivity contribution is 6.30. The van der Waals surface area contributed by atoms with Crippen molar-refractivity contribution in [3.05, 3.63) is 95.1 Å². The fourth-order valence-electron chi connectivity index (χ4n) is 4.25. The zero-order chi connectivity index (χ0) is 22.2. The molecule has 1 aliphatic heterocycles. The molecule has 4 aromatic rings. The van der Waals surface area contributed by atoms with E-state index in [-0.39, 0.29) is 5.92 Å². The SMILES string of the molecule is C=C(c1ccc(-n2cnc(C)c2)c(OC)c1)c1nc2n(n1)CCCC2c1ccc(Cl)cc1. The zero-order valence-corrected chi connectivity index (χ0v) is 18.9. The topological polar surface area (TPSA) is 57.8 Å². The van der Waals surface area contributed by atoms with Crippen LogP contribution < -0.4 is 4.74 Å². The maximum atomic E-state index is 6.08. The van der Waals surface area contributed by atoms with Crippen LogP contribution in [-0.2, 0) is 6.54 Å². The Kier molecular flexibility index (Phi) is 5.31. The second kappa shape index (κ2) is 8.28. The average molecular weight is 446 g/mol. The van der Waals surface area contributed by atoms with E-state index in [9.17, 15) is 0 Å². The van der Waals surface area contributed by atoms with Crippen molar-refractivity contribution >= 4 is 17.2 Å². The van der Waals surface area contributed by atoms with Crippen LogP contribution in [0.25, 0.3) is 11.3 Å². The molecule has 0 fully saturated rings. The van der Waals surface area contributed by atoms with E-state index < -0.39 is 0 Å². The Morgan fingerprint density at radius 2 is 2.00 bits per heavy atom. The molecule has 0 saturated carbocycles. The molecular weight excluding hydrogens is 422 g/mol. The molecule has 0 amide bonds. The summed E-state index contributed by atoms with van der Waals surface area (Å²) in [6.45, 7) is 7.12. The van der Waals surface area contributed by atoms with Gasteiger partial charge < -0.3 is 9.30 Å². The lowest BCUT2D eigenvalue weighted by Crippen LogP contribution is -2.17. The normalized spacial score (nSPS) is 15.4. The average Bonchev–Trinajstić information content (AvgIpc) is 3.45.